The Kier molecular flexibility index (Phi) is 4.29. The highest BCUT2D eigenvalue weighted by molar-refractivity contribution is 4.94. The van der Waals surface area contributed by atoms with Gasteiger partial charge in [-0.15, -0.1) is 0 Å². The summed E-state index contributed by atoms with van der Waals surface area (Å²) in [5, 5.41) is 3.32. The minimum Gasteiger partial charge on any atom is -0.499 e. The fourth-order valence-corrected chi connectivity index (χ4v) is 2.01. The van der Waals surface area contributed by atoms with E-state index in [1.807, 2.05) is 14.0 Å². The van der Waals surface area contributed by atoms with Crippen LogP contribution in [0.5, 0.6) is 0 Å². The van der Waals surface area contributed by atoms with Crippen LogP contribution in [-0.2, 0) is 4.74 Å². The Morgan fingerprint density at radius 3 is 2.46 bits per heavy atom. The average Bonchev–Trinajstić information content (AvgIpc) is 2.18. The number of allylic oxidation sites excluding steroid dienone is 1. The Bertz CT molecular complexity index is 159. The molecule has 0 bridgehead atoms. The van der Waals surface area contributed by atoms with Crippen molar-refractivity contribution in [3.8, 4) is 0 Å². The molecule has 0 radical (unpaired) electrons. The van der Waals surface area contributed by atoms with Crippen LogP contribution in [0.25, 0.3) is 0 Å². The Morgan fingerprint density at radius 1 is 1.38 bits per heavy atom. The van der Waals surface area contributed by atoms with E-state index in [1.165, 1.54) is 25.7 Å². The summed E-state index contributed by atoms with van der Waals surface area (Å²) in [4.78, 5) is 0. The van der Waals surface area contributed by atoms with E-state index < -0.39 is 0 Å². The standard InChI is InChI=1S/C11H21NO/c1-4-13-9(2)10-5-7-11(12-3)8-6-10/h10-12H,2,4-8H2,1,3H3. The maximum absolute atomic E-state index is 5.44. The van der Waals surface area contributed by atoms with E-state index in [0.717, 1.165) is 12.4 Å². The first kappa shape index (κ1) is 10.6. The highest BCUT2D eigenvalue weighted by atomic mass is 16.5. The molecule has 1 rings (SSSR count). The van der Waals surface area contributed by atoms with Crippen LogP contribution in [-0.4, -0.2) is 19.7 Å². The van der Waals surface area contributed by atoms with Crippen molar-refractivity contribution in [2.75, 3.05) is 13.7 Å². The average molecular weight is 183 g/mol. The number of hydrogen-bond acceptors (Lipinski definition) is 2. The van der Waals surface area contributed by atoms with Gasteiger partial charge in [0.2, 0.25) is 0 Å². The van der Waals surface area contributed by atoms with Gasteiger partial charge in [-0.3, -0.25) is 0 Å². The molecule has 0 aliphatic heterocycles. The Hall–Kier alpha value is -0.500. The third kappa shape index (κ3) is 3.03. The summed E-state index contributed by atoms with van der Waals surface area (Å²) in [6.07, 6.45) is 4.97. The first-order valence-corrected chi connectivity index (χ1v) is 5.26. The fraction of sp³-hybridized carbons (Fsp3) is 0.818. The van der Waals surface area contributed by atoms with E-state index in [1.54, 1.807) is 0 Å². The normalized spacial score (nSPS) is 28.5. The third-order valence-electron chi connectivity index (χ3n) is 2.92. The lowest BCUT2D eigenvalue weighted by Gasteiger charge is -2.29. The van der Waals surface area contributed by atoms with Gasteiger partial charge >= 0.3 is 0 Å². The van der Waals surface area contributed by atoms with Gasteiger partial charge in [0, 0.05) is 12.0 Å². The van der Waals surface area contributed by atoms with Crippen LogP contribution in [0.15, 0.2) is 12.3 Å². The van der Waals surface area contributed by atoms with Gasteiger partial charge in [0.1, 0.15) is 0 Å². The maximum atomic E-state index is 5.44. The number of hydrogen-bond donors (Lipinski definition) is 1. The maximum Gasteiger partial charge on any atom is 0.0918 e. The zero-order valence-electron chi connectivity index (χ0n) is 8.81. The number of nitrogens with one attached hydrogen (secondary N) is 1. The van der Waals surface area contributed by atoms with Gasteiger partial charge < -0.3 is 10.1 Å². The van der Waals surface area contributed by atoms with Crippen molar-refractivity contribution >= 4 is 0 Å². The SMILES string of the molecule is C=C(OCC)C1CCC(NC)CC1. The zero-order valence-corrected chi connectivity index (χ0v) is 8.81. The smallest absolute Gasteiger partial charge is 0.0918 e. The van der Waals surface area contributed by atoms with Crippen LogP contribution in [0.3, 0.4) is 0 Å². The quantitative estimate of drug-likeness (QED) is 0.675. The summed E-state index contributed by atoms with van der Waals surface area (Å²) < 4.78 is 5.44. The van der Waals surface area contributed by atoms with Gasteiger partial charge in [-0.05, 0) is 39.7 Å². The van der Waals surface area contributed by atoms with E-state index in [0.29, 0.717) is 12.0 Å². The van der Waals surface area contributed by atoms with E-state index in [9.17, 15) is 0 Å². The van der Waals surface area contributed by atoms with Crippen molar-refractivity contribution < 1.29 is 4.74 Å². The first-order valence-electron chi connectivity index (χ1n) is 5.26. The molecule has 0 saturated heterocycles. The molecule has 1 N–H and O–H groups in total. The zero-order chi connectivity index (χ0) is 9.68. The molecule has 0 heterocycles. The molecule has 0 aromatic rings. The predicted molar refractivity (Wildman–Crippen MR) is 55.6 cm³/mol. The summed E-state index contributed by atoms with van der Waals surface area (Å²) in [5.74, 6) is 1.60. The molecule has 1 aliphatic carbocycles. The molecule has 76 valence electrons. The highest BCUT2D eigenvalue weighted by Gasteiger charge is 2.22. The van der Waals surface area contributed by atoms with E-state index in [2.05, 4.69) is 11.9 Å². The van der Waals surface area contributed by atoms with Gasteiger partial charge in [0.25, 0.3) is 0 Å². The topological polar surface area (TPSA) is 21.3 Å². The van der Waals surface area contributed by atoms with Crippen LogP contribution >= 0.6 is 0 Å². The molecular formula is C11H21NO. The van der Waals surface area contributed by atoms with Crippen LogP contribution in [0.1, 0.15) is 32.6 Å². The molecule has 2 heteroatoms. The van der Waals surface area contributed by atoms with Crippen molar-refractivity contribution in [3.05, 3.63) is 12.3 Å². The van der Waals surface area contributed by atoms with Crippen molar-refractivity contribution in [2.24, 2.45) is 5.92 Å². The van der Waals surface area contributed by atoms with E-state index in [-0.39, 0.29) is 0 Å². The van der Waals surface area contributed by atoms with Crippen molar-refractivity contribution in [1.29, 1.82) is 0 Å². The Balaban J connectivity index is 2.28. The summed E-state index contributed by atoms with van der Waals surface area (Å²) >= 11 is 0. The fourth-order valence-electron chi connectivity index (χ4n) is 2.01. The second-order valence-corrected chi connectivity index (χ2v) is 3.74. The minimum absolute atomic E-state index is 0.601. The van der Waals surface area contributed by atoms with Crippen LogP contribution in [0.2, 0.25) is 0 Å². The lowest BCUT2D eigenvalue weighted by atomic mass is 9.85. The largest absolute Gasteiger partial charge is 0.499 e. The Labute approximate surface area is 81.4 Å². The highest BCUT2D eigenvalue weighted by Crippen LogP contribution is 2.29. The van der Waals surface area contributed by atoms with Crippen LogP contribution in [0.4, 0.5) is 0 Å². The molecule has 2 nitrogen and oxygen atoms in total. The molecule has 1 fully saturated rings. The van der Waals surface area contributed by atoms with Crippen molar-refractivity contribution in [1.82, 2.24) is 5.32 Å². The van der Waals surface area contributed by atoms with Gasteiger partial charge in [0.05, 0.1) is 12.4 Å². The molecule has 13 heavy (non-hydrogen) atoms. The van der Waals surface area contributed by atoms with E-state index >= 15 is 0 Å². The van der Waals surface area contributed by atoms with Gasteiger partial charge in [-0.25, -0.2) is 0 Å². The number of ether oxygens (including phenoxy) is 1. The Morgan fingerprint density at radius 2 is 2.00 bits per heavy atom. The monoisotopic (exact) mass is 183 g/mol. The summed E-state index contributed by atoms with van der Waals surface area (Å²) in [6.45, 7) is 6.75. The summed E-state index contributed by atoms with van der Waals surface area (Å²) in [6, 6.07) is 0.714. The second-order valence-electron chi connectivity index (χ2n) is 3.74. The molecule has 0 aromatic carbocycles. The third-order valence-corrected chi connectivity index (χ3v) is 2.92. The van der Waals surface area contributed by atoms with Crippen LogP contribution < -0.4 is 5.32 Å². The molecule has 0 spiro atoms. The molecule has 0 unspecified atom stereocenters. The van der Waals surface area contributed by atoms with Gasteiger partial charge in [-0.1, -0.05) is 6.58 Å². The van der Waals surface area contributed by atoms with Gasteiger partial charge in [0.15, 0.2) is 0 Å². The summed E-state index contributed by atoms with van der Waals surface area (Å²) in [5.41, 5.74) is 0. The lowest BCUT2D eigenvalue weighted by Crippen LogP contribution is -2.30. The van der Waals surface area contributed by atoms with E-state index in [4.69, 9.17) is 4.74 Å². The van der Waals surface area contributed by atoms with Crippen molar-refractivity contribution in [3.63, 3.8) is 0 Å². The van der Waals surface area contributed by atoms with Gasteiger partial charge in [-0.2, -0.15) is 0 Å². The molecule has 1 aliphatic rings. The minimum atomic E-state index is 0.601. The van der Waals surface area contributed by atoms with Crippen molar-refractivity contribution in [2.45, 2.75) is 38.6 Å². The molecular weight excluding hydrogens is 162 g/mol. The first-order chi connectivity index (χ1) is 6.27. The molecule has 1 saturated carbocycles. The molecule has 0 atom stereocenters. The molecule has 0 aromatic heterocycles. The summed E-state index contributed by atoms with van der Waals surface area (Å²) in [7, 11) is 2.04. The van der Waals surface area contributed by atoms with Crippen LogP contribution in [0, 0.1) is 5.92 Å². The second kappa shape index (κ2) is 5.28. The predicted octanol–water partition coefficient (Wildman–Crippen LogP) is 2.31. The lowest BCUT2D eigenvalue weighted by molar-refractivity contribution is 0.167. The molecule has 0 amide bonds. The number of rotatable bonds is 4.